The maximum Gasteiger partial charge on any atom is 0.254 e. The zero-order chi connectivity index (χ0) is 19.6. The third-order valence-electron chi connectivity index (χ3n) is 4.57. The van der Waals surface area contributed by atoms with Gasteiger partial charge in [0, 0.05) is 35.9 Å². The van der Waals surface area contributed by atoms with E-state index in [1.807, 2.05) is 45.0 Å². The molecule has 27 heavy (non-hydrogen) atoms. The van der Waals surface area contributed by atoms with E-state index >= 15 is 0 Å². The van der Waals surface area contributed by atoms with Crippen LogP contribution in [0.15, 0.2) is 40.3 Å². The quantitative estimate of drug-likeness (QED) is 0.817. The number of amides is 1. The summed E-state index contributed by atoms with van der Waals surface area (Å²) in [5.74, 6) is 1.02. The van der Waals surface area contributed by atoms with E-state index in [0.29, 0.717) is 24.0 Å². The molecule has 2 aromatic rings. The van der Waals surface area contributed by atoms with Crippen LogP contribution < -0.4 is 15.6 Å². The second-order valence-electron chi connectivity index (χ2n) is 7.66. The van der Waals surface area contributed by atoms with E-state index in [1.165, 1.54) is 11.8 Å². The number of fused-ring (bicyclic) bond motifs is 1. The molecule has 0 spiro atoms. The third-order valence-corrected chi connectivity index (χ3v) is 5.71. The number of para-hydroxylation sites is 1. The molecule has 0 fully saturated rings. The molecule has 144 valence electrons. The molecule has 3 rings (SSSR count). The molecule has 1 aliphatic heterocycles. The Morgan fingerprint density at radius 1 is 1.37 bits per heavy atom. The van der Waals surface area contributed by atoms with Gasteiger partial charge in [0.1, 0.15) is 5.75 Å². The van der Waals surface area contributed by atoms with Gasteiger partial charge >= 0.3 is 0 Å². The molecule has 1 amide bonds. The van der Waals surface area contributed by atoms with Crippen LogP contribution in [0.3, 0.4) is 0 Å². The Labute approximate surface area is 163 Å². The van der Waals surface area contributed by atoms with Crippen molar-refractivity contribution >= 4 is 17.7 Å². The van der Waals surface area contributed by atoms with Gasteiger partial charge in [0.15, 0.2) is 5.16 Å². The van der Waals surface area contributed by atoms with Gasteiger partial charge < -0.3 is 10.1 Å². The fourth-order valence-electron chi connectivity index (χ4n) is 2.93. The average Bonchev–Trinajstić information content (AvgIpc) is 2.65. The summed E-state index contributed by atoms with van der Waals surface area (Å²) in [6, 6.07) is 9.18. The number of hydrogen-bond acceptors (Lipinski definition) is 5. The number of methoxy groups -OCH3 is 1. The topological polar surface area (TPSA) is 73.2 Å². The normalized spacial score (nSPS) is 16.5. The molecule has 1 aromatic heterocycles. The predicted molar refractivity (Wildman–Crippen MR) is 106 cm³/mol. The van der Waals surface area contributed by atoms with E-state index in [1.54, 1.807) is 17.7 Å². The Morgan fingerprint density at radius 2 is 2.11 bits per heavy atom. The summed E-state index contributed by atoms with van der Waals surface area (Å²) in [5, 5.41) is 3.66. The monoisotopic (exact) mass is 387 g/mol. The molecule has 1 aliphatic rings. The van der Waals surface area contributed by atoms with Crippen LogP contribution >= 0.6 is 11.8 Å². The van der Waals surface area contributed by atoms with Crippen molar-refractivity contribution in [3.8, 4) is 5.75 Å². The fraction of sp³-hybridized carbons (Fsp3) is 0.450. The first-order valence-electron chi connectivity index (χ1n) is 8.94. The molecule has 1 atom stereocenters. The second-order valence-corrected chi connectivity index (χ2v) is 8.65. The van der Waals surface area contributed by atoms with Crippen LogP contribution in [0.25, 0.3) is 0 Å². The summed E-state index contributed by atoms with van der Waals surface area (Å²) in [7, 11) is 1.61. The van der Waals surface area contributed by atoms with Crippen LogP contribution in [0, 0.1) is 5.92 Å². The highest BCUT2D eigenvalue weighted by Crippen LogP contribution is 2.28. The molecule has 0 bridgehead atoms. The van der Waals surface area contributed by atoms with Gasteiger partial charge in [-0.25, -0.2) is 4.98 Å². The first-order valence-corrected chi connectivity index (χ1v) is 9.93. The van der Waals surface area contributed by atoms with Crippen molar-refractivity contribution in [2.75, 3.05) is 12.9 Å². The number of carbonyl (C=O) groups excluding carboxylic acids is 1. The van der Waals surface area contributed by atoms with Crippen molar-refractivity contribution in [3.63, 3.8) is 0 Å². The minimum Gasteiger partial charge on any atom is -0.496 e. The second kappa shape index (κ2) is 7.76. The minimum atomic E-state index is -0.266. The van der Waals surface area contributed by atoms with Gasteiger partial charge in [0.2, 0.25) is 5.91 Å². The fourth-order valence-corrected chi connectivity index (χ4v) is 4.02. The Kier molecular flexibility index (Phi) is 5.60. The zero-order valence-electron chi connectivity index (χ0n) is 16.1. The number of thioether (sulfide) groups is 1. The molecule has 0 saturated heterocycles. The smallest absolute Gasteiger partial charge is 0.254 e. The van der Waals surface area contributed by atoms with Crippen molar-refractivity contribution in [2.45, 2.75) is 44.4 Å². The van der Waals surface area contributed by atoms with Crippen LogP contribution in [0.5, 0.6) is 5.75 Å². The SMILES string of the molecule is COc1ccccc1CNC(=O)[C@H]1CSc2nc(C(C)(C)C)cc(=O)n2C1. The lowest BCUT2D eigenvalue weighted by Gasteiger charge is -2.26. The Balaban J connectivity index is 1.70. The summed E-state index contributed by atoms with van der Waals surface area (Å²) in [6.07, 6.45) is 0. The number of nitrogens with zero attached hydrogens (tertiary/aromatic N) is 2. The van der Waals surface area contributed by atoms with Gasteiger partial charge in [-0.05, 0) is 6.07 Å². The van der Waals surface area contributed by atoms with E-state index in [9.17, 15) is 9.59 Å². The summed E-state index contributed by atoms with van der Waals surface area (Å²) in [6.45, 7) is 6.86. The predicted octanol–water partition coefficient (Wildman–Crippen LogP) is 2.59. The lowest BCUT2D eigenvalue weighted by atomic mass is 9.92. The van der Waals surface area contributed by atoms with Crippen LogP contribution in [0.1, 0.15) is 32.0 Å². The van der Waals surface area contributed by atoms with E-state index in [2.05, 4.69) is 10.3 Å². The van der Waals surface area contributed by atoms with Crippen LogP contribution in [-0.2, 0) is 23.3 Å². The number of carbonyl (C=O) groups is 1. The highest BCUT2D eigenvalue weighted by atomic mass is 32.2. The molecule has 6 nitrogen and oxygen atoms in total. The third kappa shape index (κ3) is 4.35. The van der Waals surface area contributed by atoms with Crippen LogP contribution in [-0.4, -0.2) is 28.3 Å². The molecule has 7 heteroatoms. The summed E-state index contributed by atoms with van der Waals surface area (Å²) < 4.78 is 6.92. The van der Waals surface area contributed by atoms with E-state index in [0.717, 1.165) is 17.0 Å². The highest BCUT2D eigenvalue weighted by Gasteiger charge is 2.28. The number of hydrogen-bond donors (Lipinski definition) is 1. The number of nitrogens with one attached hydrogen (secondary N) is 1. The molecular formula is C20H25N3O3S. The lowest BCUT2D eigenvalue weighted by molar-refractivity contribution is -0.125. The van der Waals surface area contributed by atoms with Gasteiger partial charge in [0.25, 0.3) is 5.56 Å². The Hall–Kier alpha value is -2.28. The summed E-state index contributed by atoms with van der Waals surface area (Å²) >= 11 is 1.47. The van der Waals surface area contributed by atoms with Gasteiger partial charge in [-0.1, -0.05) is 50.7 Å². The molecule has 1 N–H and O–H groups in total. The highest BCUT2D eigenvalue weighted by molar-refractivity contribution is 7.99. The van der Waals surface area contributed by atoms with Crippen LogP contribution in [0.4, 0.5) is 0 Å². The van der Waals surface area contributed by atoms with Crippen molar-refractivity contribution in [1.29, 1.82) is 0 Å². The Bertz CT molecular complexity index is 902. The zero-order valence-corrected chi connectivity index (χ0v) is 16.9. The van der Waals surface area contributed by atoms with Crippen LogP contribution in [0.2, 0.25) is 0 Å². The van der Waals surface area contributed by atoms with Crippen molar-refractivity contribution in [2.24, 2.45) is 5.92 Å². The maximum absolute atomic E-state index is 12.6. The van der Waals surface area contributed by atoms with Crippen molar-refractivity contribution in [1.82, 2.24) is 14.9 Å². The minimum absolute atomic E-state index is 0.0640. The van der Waals surface area contributed by atoms with Gasteiger partial charge in [0.05, 0.1) is 18.7 Å². The largest absolute Gasteiger partial charge is 0.496 e. The molecule has 0 saturated carbocycles. The molecule has 2 heterocycles. The van der Waals surface area contributed by atoms with Gasteiger partial charge in [-0.15, -0.1) is 0 Å². The number of ether oxygens (including phenoxy) is 1. The molecular weight excluding hydrogens is 362 g/mol. The summed E-state index contributed by atoms with van der Waals surface area (Å²) in [5.41, 5.74) is 1.42. The molecule has 0 aliphatic carbocycles. The van der Waals surface area contributed by atoms with Crippen molar-refractivity contribution in [3.05, 3.63) is 51.9 Å². The van der Waals surface area contributed by atoms with E-state index in [4.69, 9.17) is 4.74 Å². The van der Waals surface area contributed by atoms with E-state index < -0.39 is 0 Å². The standard InChI is InChI=1S/C20H25N3O3S/c1-20(2,3)16-9-17(24)23-11-14(12-27-19(23)22-16)18(25)21-10-13-7-5-6-8-15(13)26-4/h5-9,14H,10-12H2,1-4H3,(H,21,25)/t14-/m1/s1. The average molecular weight is 388 g/mol. The maximum atomic E-state index is 12.6. The number of rotatable bonds is 4. The van der Waals surface area contributed by atoms with Gasteiger partial charge in [-0.2, -0.15) is 0 Å². The first kappa shape index (κ1) is 19.5. The summed E-state index contributed by atoms with van der Waals surface area (Å²) in [4.78, 5) is 29.8. The lowest BCUT2D eigenvalue weighted by Crippen LogP contribution is -2.40. The van der Waals surface area contributed by atoms with Crippen molar-refractivity contribution < 1.29 is 9.53 Å². The molecule has 1 aromatic carbocycles. The number of benzene rings is 1. The van der Waals surface area contributed by atoms with E-state index in [-0.39, 0.29) is 22.8 Å². The van der Waals surface area contributed by atoms with Gasteiger partial charge in [-0.3, -0.25) is 14.2 Å². The first-order chi connectivity index (χ1) is 12.8. The molecule has 0 radical (unpaired) electrons. The number of aromatic nitrogens is 2. The molecule has 0 unspecified atom stereocenters. The Morgan fingerprint density at radius 3 is 2.81 bits per heavy atom.